The Morgan fingerprint density at radius 2 is 2.38 bits per heavy atom. The van der Waals surface area contributed by atoms with Gasteiger partial charge in [-0.1, -0.05) is 18.7 Å². The minimum absolute atomic E-state index is 0.577. The van der Waals surface area contributed by atoms with Crippen LogP contribution in [0.15, 0.2) is 4.99 Å². The molecule has 0 radical (unpaired) electrons. The molecule has 3 unspecified atom stereocenters. The van der Waals surface area contributed by atoms with E-state index in [1.165, 1.54) is 49.7 Å². The van der Waals surface area contributed by atoms with Crippen LogP contribution in [0.5, 0.6) is 0 Å². The number of nitrogens with one attached hydrogen (secondary N) is 1. The molecule has 3 aliphatic heterocycles. The predicted octanol–water partition coefficient (Wildman–Crippen LogP) is 1.69. The fourth-order valence-corrected chi connectivity index (χ4v) is 4.23. The van der Waals surface area contributed by atoms with Crippen molar-refractivity contribution >= 4 is 16.9 Å². The zero-order valence-electron chi connectivity index (χ0n) is 9.98. The number of hydrogen-bond acceptors (Lipinski definition) is 3. The van der Waals surface area contributed by atoms with Crippen LogP contribution in [0.2, 0.25) is 0 Å². The zero-order valence-corrected chi connectivity index (χ0v) is 10.8. The predicted molar refractivity (Wildman–Crippen MR) is 70.1 cm³/mol. The van der Waals surface area contributed by atoms with E-state index in [1.54, 1.807) is 0 Å². The molecule has 0 amide bonds. The van der Waals surface area contributed by atoms with Gasteiger partial charge in [0.1, 0.15) is 0 Å². The Hall–Kier alpha value is -0.220. The molecule has 3 nitrogen and oxygen atoms in total. The average molecular weight is 239 g/mol. The monoisotopic (exact) mass is 239 g/mol. The molecule has 16 heavy (non-hydrogen) atoms. The van der Waals surface area contributed by atoms with Crippen molar-refractivity contribution in [2.45, 2.75) is 50.7 Å². The lowest BCUT2D eigenvalue weighted by Gasteiger charge is -2.17. The van der Waals surface area contributed by atoms with Gasteiger partial charge >= 0.3 is 0 Å². The van der Waals surface area contributed by atoms with Crippen molar-refractivity contribution in [3.8, 4) is 0 Å². The first-order valence-corrected chi connectivity index (χ1v) is 7.56. The zero-order chi connectivity index (χ0) is 11.0. The molecule has 0 spiro atoms. The smallest absolute Gasteiger partial charge is 0.157 e. The highest BCUT2D eigenvalue weighted by molar-refractivity contribution is 8.14. The van der Waals surface area contributed by atoms with Gasteiger partial charge < -0.3 is 5.32 Å². The summed E-state index contributed by atoms with van der Waals surface area (Å²) in [6.45, 7) is 4.83. The van der Waals surface area contributed by atoms with Crippen LogP contribution in [0.1, 0.15) is 32.6 Å². The van der Waals surface area contributed by atoms with Crippen molar-refractivity contribution in [3.63, 3.8) is 0 Å². The van der Waals surface area contributed by atoms with Crippen LogP contribution in [0.25, 0.3) is 0 Å². The quantitative estimate of drug-likeness (QED) is 0.795. The van der Waals surface area contributed by atoms with Crippen molar-refractivity contribution in [1.29, 1.82) is 0 Å². The van der Waals surface area contributed by atoms with Crippen LogP contribution in [-0.4, -0.2) is 47.0 Å². The number of aliphatic imine (C=N–C) groups is 1. The third-order valence-electron chi connectivity index (χ3n) is 4.10. The molecule has 1 N–H and O–H groups in total. The van der Waals surface area contributed by atoms with Gasteiger partial charge in [0, 0.05) is 24.4 Å². The summed E-state index contributed by atoms with van der Waals surface area (Å²) in [6, 6.07) is 1.99. The van der Waals surface area contributed by atoms with Gasteiger partial charge in [-0.2, -0.15) is 0 Å². The lowest BCUT2D eigenvalue weighted by atomic mass is 10.1. The number of fused-ring (bicyclic) bond motifs is 1. The molecule has 0 saturated carbocycles. The lowest BCUT2D eigenvalue weighted by molar-refractivity contribution is 0.314. The van der Waals surface area contributed by atoms with Crippen molar-refractivity contribution in [2.24, 2.45) is 4.99 Å². The molecular formula is C12H21N3S. The van der Waals surface area contributed by atoms with Gasteiger partial charge in [0.05, 0.1) is 6.04 Å². The van der Waals surface area contributed by atoms with Crippen LogP contribution >= 0.6 is 11.8 Å². The normalized spacial score (nSPS) is 41.6. The number of thioether (sulfide) groups is 1. The molecule has 0 bridgehead atoms. The summed E-state index contributed by atoms with van der Waals surface area (Å²) in [4.78, 5) is 7.57. The Morgan fingerprint density at radius 3 is 3.19 bits per heavy atom. The Morgan fingerprint density at radius 1 is 1.44 bits per heavy atom. The Kier molecular flexibility index (Phi) is 3.11. The first kappa shape index (κ1) is 10.9. The molecule has 3 atom stereocenters. The van der Waals surface area contributed by atoms with E-state index in [-0.39, 0.29) is 0 Å². The van der Waals surface area contributed by atoms with Gasteiger partial charge in [-0.15, -0.1) is 0 Å². The average Bonchev–Trinajstić information content (AvgIpc) is 2.97. The maximum absolute atomic E-state index is 4.94. The minimum Gasteiger partial charge on any atom is -0.361 e. The molecule has 3 heterocycles. The second-order valence-corrected chi connectivity index (χ2v) is 6.11. The number of rotatable bonds is 2. The summed E-state index contributed by atoms with van der Waals surface area (Å²) < 4.78 is 0. The summed E-state index contributed by atoms with van der Waals surface area (Å²) >= 11 is 1.92. The summed E-state index contributed by atoms with van der Waals surface area (Å²) in [5.74, 6) is 1.20. The van der Waals surface area contributed by atoms with Crippen molar-refractivity contribution < 1.29 is 0 Å². The second kappa shape index (κ2) is 4.57. The van der Waals surface area contributed by atoms with Gasteiger partial charge in [-0.3, -0.25) is 9.89 Å². The fraction of sp³-hybridized carbons (Fsp3) is 0.917. The van der Waals surface area contributed by atoms with Crippen molar-refractivity contribution in [3.05, 3.63) is 0 Å². The standard InChI is InChI=1S/C12H21N3S/c1-2-9-8-16-12(13-9)14-10-5-7-15-6-3-4-11(10)15/h9-11H,2-8H2,1H3,(H,13,14). The van der Waals surface area contributed by atoms with E-state index in [9.17, 15) is 0 Å². The SMILES string of the molecule is CCC1CSC(=NC2CCN3CCCC23)N1. The Balaban J connectivity index is 1.64. The molecule has 4 heteroatoms. The van der Waals surface area contributed by atoms with E-state index in [1.807, 2.05) is 11.8 Å². The van der Waals surface area contributed by atoms with Crippen LogP contribution in [0, 0.1) is 0 Å². The summed E-state index contributed by atoms with van der Waals surface area (Å²) in [5.41, 5.74) is 0. The molecule has 90 valence electrons. The van der Waals surface area contributed by atoms with Crippen LogP contribution in [-0.2, 0) is 0 Å². The molecule has 0 aromatic heterocycles. The highest BCUT2D eigenvalue weighted by Gasteiger charge is 2.37. The number of amidine groups is 1. The molecule has 3 saturated heterocycles. The van der Waals surface area contributed by atoms with Crippen molar-refractivity contribution in [1.82, 2.24) is 10.2 Å². The van der Waals surface area contributed by atoms with E-state index in [2.05, 4.69) is 17.1 Å². The van der Waals surface area contributed by atoms with Crippen molar-refractivity contribution in [2.75, 3.05) is 18.8 Å². The molecule has 0 aliphatic carbocycles. The van der Waals surface area contributed by atoms with Gasteiger partial charge in [-0.25, -0.2) is 0 Å². The van der Waals surface area contributed by atoms with Crippen LogP contribution in [0.4, 0.5) is 0 Å². The van der Waals surface area contributed by atoms with Crippen LogP contribution < -0.4 is 5.32 Å². The first-order chi connectivity index (χ1) is 7.86. The molecule has 3 aliphatic rings. The minimum atomic E-state index is 0.577. The van der Waals surface area contributed by atoms with E-state index < -0.39 is 0 Å². The number of nitrogens with zero attached hydrogens (tertiary/aromatic N) is 2. The topological polar surface area (TPSA) is 27.6 Å². The van der Waals surface area contributed by atoms with Gasteiger partial charge in [-0.05, 0) is 32.2 Å². The molecular weight excluding hydrogens is 218 g/mol. The summed E-state index contributed by atoms with van der Waals surface area (Å²) in [7, 11) is 0. The molecule has 3 rings (SSSR count). The third kappa shape index (κ3) is 1.97. The Bertz CT molecular complexity index is 292. The Labute approximate surface area is 102 Å². The van der Waals surface area contributed by atoms with E-state index in [4.69, 9.17) is 4.99 Å². The second-order valence-electron chi connectivity index (χ2n) is 5.10. The molecule has 3 fully saturated rings. The first-order valence-electron chi connectivity index (χ1n) is 6.58. The molecule has 0 aromatic carbocycles. The van der Waals surface area contributed by atoms with Gasteiger partial charge in [0.25, 0.3) is 0 Å². The summed E-state index contributed by atoms with van der Waals surface area (Å²) in [5, 5.41) is 4.76. The maximum Gasteiger partial charge on any atom is 0.157 e. The highest BCUT2D eigenvalue weighted by Crippen LogP contribution is 2.31. The van der Waals surface area contributed by atoms with E-state index in [0.29, 0.717) is 12.1 Å². The fourth-order valence-electron chi connectivity index (χ4n) is 3.09. The van der Waals surface area contributed by atoms with Gasteiger partial charge in [0.15, 0.2) is 5.17 Å². The highest BCUT2D eigenvalue weighted by atomic mass is 32.2. The maximum atomic E-state index is 4.94. The van der Waals surface area contributed by atoms with E-state index >= 15 is 0 Å². The largest absolute Gasteiger partial charge is 0.361 e. The van der Waals surface area contributed by atoms with Gasteiger partial charge in [0.2, 0.25) is 0 Å². The summed E-state index contributed by atoms with van der Waals surface area (Å²) in [6.07, 6.45) is 5.23. The van der Waals surface area contributed by atoms with E-state index in [0.717, 1.165) is 6.04 Å². The number of hydrogen-bond donors (Lipinski definition) is 1. The van der Waals surface area contributed by atoms with Crippen LogP contribution in [0.3, 0.4) is 0 Å². The lowest BCUT2D eigenvalue weighted by Crippen LogP contribution is -2.31. The third-order valence-corrected chi connectivity index (χ3v) is 5.16. The molecule has 0 aromatic rings.